The summed E-state index contributed by atoms with van der Waals surface area (Å²) in [5.41, 5.74) is 0. The molecular formula is C8H16O9. The van der Waals surface area contributed by atoms with Crippen molar-refractivity contribution in [3.05, 3.63) is 0 Å². The first-order valence-electron chi connectivity index (χ1n) is 4.66. The van der Waals surface area contributed by atoms with Gasteiger partial charge in [-0.25, -0.2) is 4.79 Å². The molecule has 0 saturated carbocycles. The van der Waals surface area contributed by atoms with Crippen molar-refractivity contribution in [2.24, 2.45) is 0 Å². The Morgan fingerprint density at radius 3 is 1.59 bits per heavy atom. The Morgan fingerprint density at radius 1 is 0.824 bits per heavy atom. The highest BCUT2D eigenvalue weighted by atomic mass is 16.4. The van der Waals surface area contributed by atoms with Crippen LogP contribution in [-0.4, -0.2) is 90.1 Å². The first kappa shape index (κ1) is 16.2. The molecule has 0 rings (SSSR count). The van der Waals surface area contributed by atoms with Crippen molar-refractivity contribution >= 4 is 5.97 Å². The van der Waals surface area contributed by atoms with E-state index in [2.05, 4.69) is 0 Å². The number of rotatable bonds is 7. The summed E-state index contributed by atoms with van der Waals surface area (Å²) in [6.07, 6.45) is -12.8. The molecule has 0 aliphatic rings. The highest BCUT2D eigenvalue weighted by Gasteiger charge is 2.39. The van der Waals surface area contributed by atoms with Crippen LogP contribution in [0.25, 0.3) is 0 Å². The quantitative estimate of drug-likeness (QED) is 0.222. The number of aliphatic hydroxyl groups excluding tert-OH is 7. The van der Waals surface area contributed by atoms with Crippen molar-refractivity contribution in [3.63, 3.8) is 0 Å². The molecule has 17 heavy (non-hydrogen) atoms. The van der Waals surface area contributed by atoms with E-state index in [9.17, 15) is 15.0 Å². The number of carboxylic acids is 1. The van der Waals surface area contributed by atoms with Crippen LogP contribution in [-0.2, 0) is 4.79 Å². The number of carboxylic acid groups (broad SMARTS) is 1. The minimum absolute atomic E-state index is 0.914. The summed E-state index contributed by atoms with van der Waals surface area (Å²) in [4.78, 5) is 10.3. The van der Waals surface area contributed by atoms with Crippen LogP contribution >= 0.6 is 0 Å². The minimum Gasteiger partial charge on any atom is -0.479 e. The maximum Gasteiger partial charge on any atom is 0.335 e. The van der Waals surface area contributed by atoms with Gasteiger partial charge in [0.25, 0.3) is 0 Å². The van der Waals surface area contributed by atoms with Gasteiger partial charge < -0.3 is 40.9 Å². The summed E-state index contributed by atoms with van der Waals surface area (Å²) in [7, 11) is 0. The number of aliphatic carboxylic acids is 1. The molecule has 102 valence electrons. The maximum atomic E-state index is 10.3. The third-order valence-corrected chi connectivity index (χ3v) is 2.21. The normalized spacial score (nSPS) is 22.3. The molecule has 0 saturated heterocycles. The first-order valence-corrected chi connectivity index (χ1v) is 4.66. The Kier molecular flexibility index (Phi) is 6.49. The molecule has 8 N–H and O–H groups in total. The fourth-order valence-corrected chi connectivity index (χ4v) is 1.07. The molecule has 9 heteroatoms. The van der Waals surface area contributed by atoms with Crippen molar-refractivity contribution in [1.29, 1.82) is 0 Å². The molecule has 0 aromatic rings. The van der Waals surface area contributed by atoms with Crippen molar-refractivity contribution in [3.8, 4) is 0 Å². The SMILES string of the molecule is O=C(O)[C@@H](O)[C@@H](O)[C@@H](O)[C@@H](O)[C@@H](O)[C@H](O)CO. The van der Waals surface area contributed by atoms with E-state index >= 15 is 0 Å². The average molecular weight is 256 g/mol. The summed E-state index contributed by atoms with van der Waals surface area (Å²) in [5, 5.41) is 71.4. The first-order chi connectivity index (χ1) is 7.73. The Hall–Kier alpha value is -0.810. The Balaban J connectivity index is 4.58. The second-order valence-corrected chi connectivity index (χ2v) is 3.50. The van der Waals surface area contributed by atoms with E-state index < -0.39 is 49.2 Å². The molecule has 0 aliphatic carbocycles. The molecule has 0 unspecified atom stereocenters. The van der Waals surface area contributed by atoms with Gasteiger partial charge in [0.2, 0.25) is 0 Å². The van der Waals surface area contributed by atoms with E-state index in [4.69, 9.17) is 30.6 Å². The lowest BCUT2D eigenvalue weighted by Gasteiger charge is -2.29. The van der Waals surface area contributed by atoms with Gasteiger partial charge in [-0.15, -0.1) is 0 Å². The average Bonchev–Trinajstić information content (AvgIpc) is 2.32. The lowest BCUT2D eigenvalue weighted by atomic mass is 9.96. The van der Waals surface area contributed by atoms with Gasteiger partial charge >= 0.3 is 5.97 Å². The van der Waals surface area contributed by atoms with Gasteiger partial charge in [0.15, 0.2) is 6.10 Å². The van der Waals surface area contributed by atoms with Crippen LogP contribution in [0.15, 0.2) is 0 Å². The molecule has 0 bridgehead atoms. The number of hydrogen-bond donors (Lipinski definition) is 8. The lowest BCUT2D eigenvalue weighted by molar-refractivity contribution is -0.175. The molecular weight excluding hydrogens is 240 g/mol. The number of carbonyl (C=O) groups is 1. The van der Waals surface area contributed by atoms with E-state index in [0.29, 0.717) is 0 Å². The molecule has 0 heterocycles. The zero-order chi connectivity index (χ0) is 13.7. The standard InChI is InChI=1S/C8H16O9/c9-1-2(10)3(11)4(12)5(13)6(14)7(15)8(16)17/h2-7,9-15H,1H2,(H,16,17)/t2-,3+,4+,5+,6+,7+/m1/s1. The zero-order valence-electron chi connectivity index (χ0n) is 8.66. The fraction of sp³-hybridized carbons (Fsp3) is 0.875. The third-order valence-electron chi connectivity index (χ3n) is 2.21. The second-order valence-electron chi connectivity index (χ2n) is 3.50. The Morgan fingerprint density at radius 2 is 1.24 bits per heavy atom. The Labute approximate surface area is 95.8 Å². The smallest absolute Gasteiger partial charge is 0.335 e. The van der Waals surface area contributed by atoms with E-state index in [-0.39, 0.29) is 0 Å². The summed E-state index contributed by atoms with van der Waals surface area (Å²) < 4.78 is 0. The minimum atomic E-state index is -2.36. The van der Waals surface area contributed by atoms with Gasteiger partial charge in [-0.05, 0) is 0 Å². The van der Waals surface area contributed by atoms with Crippen molar-refractivity contribution in [1.82, 2.24) is 0 Å². The summed E-state index contributed by atoms with van der Waals surface area (Å²) in [5.74, 6) is -1.83. The molecule has 0 radical (unpaired) electrons. The van der Waals surface area contributed by atoms with Crippen molar-refractivity contribution in [2.45, 2.75) is 36.6 Å². The van der Waals surface area contributed by atoms with Crippen LogP contribution in [0.4, 0.5) is 0 Å². The van der Waals surface area contributed by atoms with Crippen LogP contribution in [0, 0.1) is 0 Å². The topological polar surface area (TPSA) is 179 Å². The summed E-state index contributed by atoms with van der Waals surface area (Å²) >= 11 is 0. The van der Waals surface area contributed by atoms with Crippen LogP contribution in [0.3, 0.4) is 0 Å². The molecule has 0 amide bonds. The predicted molar refractivity (Wildman–Crippen MR) is 50.8 cm³/mol. The van der Waals surface area contributed by atoms with Gasteiger partial charge in [0.05, 0.1) is 6.61 Å². The van der Waals surface area contributed by atoms with Gasteiger partial charge in [-0.3, -0.25) is 0 Å². The van der Waals surface area contributed by atoms with Gasteiger partial charge in [-0.1, -0.05) is 0 Å². The molecule has 0 aliphatic heterocycles. The van der Waals surface area contributed by atoms with Crippen molar-refractivity contribution in [2.75, 3.05) is 6.61 Å². The molecule has 0 aromatic heterocycles. The molecule has 6 atom stereocenters. The molecule has 0 spiro atoms. The van der Waals surface area contributed by atoms with Gasteiger partial charge in [-0.2, -0.15) is 0 Å². The molecule has 0 fully saturated rings. The summed E-state index contributed by atoms with van der Waals surface area (Å²) in [6, 6.07) is 0. The fourth-order valence-electron chi connectivity index (χ4n) is 1.07. The second kappa shape index (κ2) is 6.81. The summed E-state index contributed by atoms with van der Waals surface area (Å²) in [6.45, 7) is -0.914. The largest absolute Gasteiger partial charge is 0.479 e. The number of aliphatic hydroxyl groups is 7. The highest BCUT2D eigenvalue weighted by Crippen LogP contribution is 2.11. The molecule has 0 aromatic carbocycles. The van der Waals surface area contributed by atoms with E-state index in [0.717, 1.165) is 0 Å². The highest BCUT2D eigenvalue weighted by molar-refractivity contribution is 5.72. The van der Waals surface area contributed by atoms with E-state index in [1.54, 1.807) is 0 Å². The van der Waals surface area contributed by atoms with Crippen LogP contribution in [0.5, 0.6) is 0 Å². The molecule has 9 nitrogen and oxygen atoms in total. The predicted octanol–water partition coefficient (Wildman–Crippen LogP) is -4.77. The van der Waals surface area contributed by atoms with Gasteiger partial charge in [0, 0.05) is 0 Å². The van der Waals surface area contributed by atoms with Gasteiger partial charge in [0.1, 0.15) is 30.5 Å². The monoisotopic (exact) mass is 256 g/mol. The maximum absolute atomic E-state index is 10.3. The Bertz CT molecular complexity index is 245. The zero-order valence-corrected chi connectivity index (χ0v) is 8.66. The van der Waals surface area contributed by atoms with Crippen molar-refractivity contribution < 1.29 is 45.6 Å². The van der Waals surface area contributed by atoms with Crippen LogP contribution in [0.1, 0.15) is 0 Å². The third kappa shape index (κ3) is 4.16. The van der Waals surface area contributed by atoms with Crippen LogP contribution in [0.2, 0.25) is 0 Å². The number of hydrogen-bond acceptors (Lipinski definition) is 8. The van der Waals surface area contributed by atoms with E-state index in [1.165, 1.54) is 0 Å². The van der Waals surface area contributed by atoms with Crippen LogP contribution < -0.4 is 0 Å². The lowest BCUT2D eigenvalue weighted by Crippen LogP contribution is -2.54. The van der Waals surface area contributed by atoms with E-state index in [1.807, 2.05) is 0 Å².